The number of aromatic nitrogens is 2. The minimum Gasteiger partial charge on any atom is -0.325 e. The van der Waals surface area contributed by atoms with Gasteiger partial charge in [-0.3, -0.25) is 0 Å². The van der Waals surface area contributed by atoms with Crippen LogP contribution in [0.5, 0.6) is 0 Å². The van der Waals surface area contributed by atoms with Crippen molar-refractivity contribution >= 4 is 34.2 Å². The van der Waals surface area contributed by atoms with Gasteiger partial charge in [0.25, 0.3) is 0 Å². The number of halogens is 1. The molecule has 2 aromatic rings. The van der Waals surface area contributed by atoms with E-state index in [9.17, 15) is 0 Å². The number of nitrogens with zero attached hydrogens (tertiary/aromatic N) is 2. The Morgan fingerprint density at radius 3 is 2.65 bits per heavy atom. The summed E-state index contributed by atoms with van der Waals surface area (Å²) in [7, 11) is 0. The monoisotopic (exact) mass is 341 g/mol. The van der Waals surface area contributed by atoms with E-state index in [-0.39, 0.29) is 0 Å². The summed E-state index contributed by atoms with van der Waals surface area (Å²) >= 11 is 2.32. The number of benzene rings is 1. The SMILES string of the molecule is Cc1cn(C(C)C)c(Nc2ccccc2I)n1. The van der Waals surface area contributed by atoms with Crippen LogP contribution in [0.4, 0.5) is 11.6 Å². The molecule has 0 bridgehead atoms. The first-order chi connectivity index (χ1) is 8.08. The molecular weight excluding hydrogens is 325 g/mol. The summed E-state index contributed by atoms with van der Waals surface area (Å²) in [6.45, 7) is 6.32. The number of rotatable bonds is 3. The van der Waals surface area contributed by atoms with Gasteiger partial charge < -0.3 is 9.88 Å². The number of nitrogens with one attached hydrogen (secondary N) is 1. The first-order valence-corrected chi connectivity index (χ1v) is 6.73. The number of hydrogen-bond donors (Lipinski definition) is 1. The van der Waals surface area contributed by atoms with Gasteiger partial charge >= 0.3 is 0 Å². The number of anilines is 2. The Kier molecular flexibility index (Phi) is 3.71. The molecule has 0 fully saturated rings. The van der Waals surface area contributed by atoms with Crippen molar-refractivity contribution in [1.82, 2.24) is 9.55 Å². The second kappa shape index (κ2) is 5.08. The van der Waals surface area contributed by atoms with E-state index in [0.29, 0.717) is 6.04 Å². The Labute approximate surface area is 115 Å². The van der Waals surface area contributed by atoms with Crippen LogP contribution in [-0.4, -0.2) is 9.55 Å². The number of para-hydroxylation sites is 1. The van der Waals surface area contributed by atoms with E-state index in [1.807, 2.05) is 19.1 Å². The minimum absolute atomic E-state index is 0.403. The molecule has 4 heteroatoms. The molecular formula is C13H16IN3. The van der Waals surface area contributed by atoms with E-state index in [4.69, 9.17) is 0 Å². The summed E-state index contributed by atoms with van der Waals surface area (Å²) in [5, 5.41) is 3.39. The van der Waals surface area contributed by atoms with Crippen molar-refractivity contribution in [1.29, 1.82) is 0 Å². The zero-order valence-electron chi connectivity index (χ0n) is 10.2. The lowest BCUT2D eigenvalue weighted by atomic mass is 10.3. The Morgan fingerprint density at radius 2 is 2.00 bits per heavy atom. The van der Waals surface area contributed by atoms with Gasteiger partial charge in [0.15, 0.2) is 0 Å². The molecule has 3 nitrogen and oxygen atoms in total. The maximum atomic E-state index is 4.52. The van der Waals surface area contributed by atoms with Crippen molar-refractivity contribution in [3.8, 4) is 0 Å². The van der Waals surface area contributed by atoms with Crippen molar-refractivity contribution in [2.24, 2.45) is 0 Å². The van der Waals surface area contributed by atoms with E-state index in [1.165, 1.54) is 3.57 Å². The molecule has 1 aromatic carbocycles. The average Bonchev–Trinajstić information content (AvgIpc) is 2.63. The Balaban J connectivity index is 2.33. The van der Waals surface area contributed by atoms with Crippen molar-refractivity contribution in [3.63, 3.8) is 0 Å². The summed E-state index contributed by atoms with van der Waals surface area (Å²) in [6, 6.07) is 8.61. The van der Waals surface area contributed by atoms with Crippen LogP contribution >= 0.6 is 22.6 Å². The number of hydrogen-bond acceptors (Lipinski definition) is 2. The summed E-state index contributed by atoms with van der Waals surface area (Å²) in [5.41, 5.74) is 2.13. The molecule has 2 rings (SSSR count). The first-order valence-electron chi connectivity index (χ1n) is 5.65. The molecule has 0 unspecified atom stereocenters. The zero-order chi connectivity index (χ0) is 12.4. The highest BCUT2D eigenvalue weighted by molar-refractivity contribution is 14.1. The highest BCUT2D eigenvalue weighted by Gasteiger charge is 2.09. The highest BCUT2D eigenvalue weighted by Crippen LogP contribution is 2.23. The molecule has 1 N–H and O–H groups in total. The third-order valence-corrected chi connectivity index (χ3v) is 3.47. The summed E-state index contributed by atoms with van der Waals surface area (Å²) < 4.78 is 3.35. The van der Waals surface area contributed by atoms with Crippen LogP contribution in [0.2, 0.25) is 0 Å². The van der Waals surface area contributed by atoms with E-state index in [2.05, 4.69) is 69.6 Å². The standard InChI is InChI=1S/C13H16IN3/c1-9(2)17-8-10(3)15-13(17)16-12-7-5-4-6-11(12)14/h4-9H,1-3H3,(H,15,16). The Hall–Kier alpha value is -1.04. The summed E-state index contributed by atoms with van der Waals surface area (Å²) in [4.78, 5) is 4.52. The van der Waals surface area contributed by atoms with Gasteiger partial charge in [0, 0.05) is 15.8 Å². The van der Waals surface area contributed by atoms with Crippen LogP contribution < -0.4 is 5.32 Å². The molecule has 0 saturated heterocycles. The van der Waals surface area contributed by atoms with Crippen LogP contribution in [-0.2, 0) is 0 Å². The van der Waals surface area contributed by atoms with E-state index in [0.717, 1.165) is 17.3 Å². The third kappa shape index (κ3) is 2.80. The van der Waals surface area contributed by atoms with Gasteiger partial charge in [-0.2, -0.15) is 0 Å². The molecule has 0 saturated carbocycles. The van der Waals surface area contributed by atoms with Crippen molar-refractivity contribution in [2.75, 3.05) is 5.32 Å². The lowest BCUT2D eigenvalue weighted by Gasteiger charge is -2.13. The van der Waals surface area contributed by atoms with E-state index < -0.39 is 0 Å². The fraction of sp³-hybridized carbons (Fsp3) is 0.308. The van der Waals surface area contributed by atoms with Gasteiger partial charge in [-0.1, -0.05) is 12.1 Å². The quantitative estimate of drug-likeness (QED) is 0.851. The smallest absolute Gasteiger partial charge is 0.207 e. The second-order valence-corrected chi connectivity index (χ2v) is 5.47. The van der Waals surface area contributed by atoms with Gasteiger partial charge in [0.2, 0.25) is 5.95 Å². The van der Waals surface area contributed by atoms with Crippen molar-refractivity contribution in [3.05, 3.63) is 39.7 Å². The fourth-order valence-electron chi connectivity index (χ4n) is 1.69. The van der Waals surface area contributed by atoms with Crippen LogP contribution in [0.15, 0.2) is 30.5 Å². The molecule has 17 heavy (non-hydrogen) atoms. The summed E-state index contributed by atoms with van der Waals surface area (Å²) in [6.07, 6.45) is 2.07. The van der Waals surface area contributed by atoms with Gasteiger partial charge in [-0.05, 0) is 55.5 Å². The van der Waals surface area contributed by atoms with Gasteiger partial charge in [0.1, 0.15) is 0 Å². The predicted octanol–water partition coefficient (Wildman–Crippen LogP) is 4.12. The maximum absolute atomic E-state index is 4.52. The molecule has 1 aromatic heterocycles. The first kappa shape index (κ1) is 12.4. The second-order valence-electron chi connectivity index (χ2n) is 4.31. The lowest BCUT2D eigenvalue weighted by Crippen LogP contribution is -2.05. The number of imidazole rings is 1. The topological polar surface area (TPSA) is 29.9 Å². The molecule has 90 valence electrons. The molecule has 0 amide bonds. The van der Waals surface area contributed by atoms with E-state index >= 15 is 0 Å². The molecule has 0 atom stereocenters. The largest absolute Gasteiger partial charge is 0.325 e. The van der Waals surface area contributed by atoms with Gasteiger partial charge in [0.05, 0.1) is 11.4 Å². The molecule has 0 aliphatic rings. The van der Waals surface area contributed by atoms with Crippen molar-refractivity contribution < 1.29 is 0 Å². The zero-order valence-corrected chi connectivity index (χ0v) is 12.4. The summed E-state index contributed by atoms with van der Waals surface area (Å²) in [5.74, 6) is 0.904. The normalized spacial score (nSPS) is 10.9. The molecule has 0 aliphatic heterocycles. The molecule has 0 spiro atoms. The predicted molar refractivity (Wildman–Crippen MR) is 79.8 cm³/mol. The number of aryl methyl sites for hydroxylation is 1. The van der Waals surface area contributed by atoms with Gasteiger partial charge in [-0.25, -0.2) is 4.98 Å². The maximum Gasteiger partial charge on any atom is 0.207 e. The van der Waals surface area contributed by atoms with Gasteiger partial charge in [-0.15, -0.1) is 0 Å². The van der Waals surface area contributed by atoms with Crippen LogP contribution in [0, 0.1) is 10.5 Å². The molecule has 0 aliphatic carbocycles. The minimum atomic E-state index is 0.403. The third-order valence-electron chi connectivity index (χ3n) is 2.53. The van der Waals surface area contributed by atoms with Crippen LogP contribution in [0.1, 0.15) is 25.6 Å². The molecule has 1 heterocycles. The van der Waals surface area contributed by atoms with E-state index in [1.54, 1.807) is 0 Å². The highest BCUT2D eigenvalue weighted by atomic mass is 127. The Bertz CT molecular complexity index is 517. The van der Waals surface area contributed by atoms with Crippen LogP contribution in [0.25, 0.3) is 0 Å². The van der Waals surface area contributed by atoms with Crippen LogP contribution in [0.3, 0.4) is 0 Å². The molecule has 0 radical (unpaired) electrons. The van der Waals surface area contributed by atoms with Crippen molar-refractivity contribution in [2.45, 2.75) is 26.8 Å². The Morgan fingerprint density at radius 1 is 1.29 bits per heavy atom. The average molecular weight is 341 g/mol. The fourth-order valence-corrected chi connectivity index (χ4v) is 2.21. The lowest BCUT2D eigenvalue weighted by molar-refractivity contribution is 0.607.